The molecule has 27 heavy (non-hydrogen) atoms. The number of benzene rings is 1. The van der Waals surface area contributed by atoms with Crippen molar-refractivity contribution in [3.63, 3.8) is 0 Å². The van der Waals surface area contributed by atoms with Crippen LogP contribution in [0.3, 0.4) is 0 Å². The molecule has 3 rings (SSSR count). The highest BCUT2D eigenvalue weighted by Gasteiger charge is 2.25. The van der Waals surface area contributed by atoms with Gasteiger partial charge >= 0.3 is 0 Å². The number of anilines is 1. The fourth-order valence-electron chi connectivity index (χ4n) is 3.90. The molecule has 1 aromatic carbocycles. The summed E-state index contributed by atoms with van der Waals surface area (Å²) in [7, 11) is 1.88. The van der Waals surface area contributed by atoms with Gasteiger partial charge in [-0.05, 0) is 26.0 Å². The number of aliphatic imine (C=N–C) groups is 1. The molecular weight excluding hydrogens is 453 g/mol. The fraction of sp³-hybridized carbons (Fsp3) is 0.650. The Bertz CT molecular complexity index is 577. The standard InChI is InChI=1S/C20H33N5O.HI/c1-17(25-13-14-26-16-18(25)2)15-22-20(21-3)24-11-9-23(10-12-24)19-7-5-4-6-8-19;/h4-8,17-18H,9-16H2,1-3H3,(H,21,22);1H. The van der Waals surface area contributed by atoms with Crippen LogP contribution in [-0.2, 0) is 4.74 Å². The molecule has 0 radical (unpaired) electrons. The zero-order valence-corrected chi connectivity index (χ0v) is 19.1. The molecule has 2 aliphatic heterocycles. The lowest BCUT2D eigenvalue weighted by Crippen LogP contribution is -2.56. The Kier molecular flexibility index (Phi) is 9.11. The van der Waals surface area contributed by atoms with Gasteiger partial charge in [0, 0.05) is 64.1 Å². The lowest BCUT2D eigenvalue weighted by atomic mass is 10.2. The van der Waals surface area contributed by atoms with Crippen LogP contribution in [0.1, 0.15) is 13.8 Å². The van der Waals surface area contributed by atoms with E-state index in [0.717, 1.165) is 58.4 Å². The molecular formula is C20H34IN5O. The average Bonchev–Trinajstić information content (AvgIpc) is 2.70. The van der Waals surface area contributed by atoms with Crippen LogP contribution in [0.5, 0.6) is 0 Å². The summed E-state index contributed by atoms with van der Waals surface area (Å²) in [6, 6.07) is 11.6. The highest BCUT2D eigenvalue weighted by atomic mass is 127. The van der Waals surface area contributed by atoms with Crippen molar-refractivity contribution in [1.82, 2.24) is 15.1 Å². The lowest BCUT2D eigenvalue weighted by molar-refractivity contribution is -0.0175. The summed E-state index contributed by atoms with van der Waals surface area (Å²) in [5, 5.41) is 3.59. The van der Waals surface area contributed by atoms with Gasteiger partial charge in [-0.15, -0.1) is 24.0 Å². The molecule has 0 aliphatic carbocycles. The maximum atomic E-state index is 5.55. The zero-order valence-electron chi connectivity index (χ0n) is 16.8. The number of nitrogens with zero attached hydrogens (tertiary/aromatic N) is 4. The van der Waals surface area contributed by atoms with E-state index in [1.54, 1.807) is 0 Å². The summed E-state index contributed by atoms with van der Waals surface area (Å²) < 4.78 is 5.55. The molecule has 2 heterocycles. The second kappa shape index (κ2) is 11.1. The van der Waals surface area contributed by atoms with Crippen molar-refractivity contribution in [2.75, 3.05) is 64.4 Å². The Morgan fingerprint density at radius 2 is 1.89 bits per heavy atom. The summed E-state index contributed by atoms with van der Waals surface area (Å²) in [4.78, 5) is 11.9. The number of para-hydroxylation sites is 1. The van der Waals surface area contributed by atoms with Gasteiger partial charge in [0.2, 0.25) is 0 Å². The molecule has 0 spiro atoms. The predicted octanol–water partition coefficient (Wildman–Crippen LogP) is 2.11. The van der Waals surface area contributed by atoms with Gasteiger partial charge in [-0.1, -0.05) is 18.2 Å². The van der Waals surface area contributed by atoms with Crippen LogP contribution in [-0.4, -0.2) is 87.4 Å². The van der Waals surface area contributed by atoms with Crippen molar-refractivity contribution < 1.29 is 4.74 Å². The molecule has 1 N–H and O–H groups in total. The normalized spacial score (nSPS) is 22.9. The monoisotopic (exact) mass is 487 g/mol. The number of ether oxygens (including phenoxy) is 1. The van der Waals surface area contributed by atoms with E-state index < -0.39 is 0 Å². The predicted molar refractivity (Wildman–Crippen MR) is 123 cm³/mol. The maximum Gasteiger partial charge on any atom is 0.193 e. The van der Waals surface area contributed by atoms with E-state index in [2.05, 4.69) is 69.2 Å². The second-order valence-electron chi connectivity index (χ2n) is 7.25. The van der Waals surface area contributed by atoms with Gasteiger partial charge in [-0.2, -0.15) is 0 Å². The van der Waals surface area contributed by atoms with Gasteiger partial charge in [0.25, 0.3) is 0 Å². The van der Waals surface area contributed by atoms with Gasteiger partial charge in [-0.25, -0.2) is 0 Å². The summed E-state index contributed by atoms with van der Waals surface area (Å²) in [5.74, 6) is 1.02. The number of guanidine groups is 1. The minimum atomic E-state index is 0. The van der Waals surface area contributed by atoms with Gasteiger partial charge < -0.3 is 19.9 Å². The van der Waals surface area contributed by atoms with Crippen molar-refractivity contribution in [3.8, 4) is 0 Å². The van der Waals surface area contributed by atoms with Gasteiger partial charge in [0.05, 0.1) is 13.2 Å². The van der Waals surface area contributed by atoms with Crippen LogP contribution >= 0.6 is 24.0 Å². The van der Waals surface area contributed by atoms with Crippen LogP contribution < -0.4 is 10.2 Å². The molecule has 0 amide bonds. The molecule has 6 nitrogen and oxygen atoms in total. The van der Waals surface area contributed by atoms with Gasteiger partial charge in [0.1, 0.15) is 0 Å². The highest BCUT2D eigenvalue weighted by Crippen LogP contribution is 2.15. The fourth-order valence-corrected chi connectivity index (χ4v) is 3.90. The van der Waals surface area contributed by atoms with E-state index >= 15 is 0 Å². The van der Waals surface area contributed by atoms with Gasteiger partial charge in [-0.3, -0.25) is 9.89 Å². The number of hydrogen-bond acceptors (Lipinski definition) is 4. The van der Waals surface area contributed by atoms with Crippen molar-refractivity contribution in [1.29, 1.82) is 0 Å². The molecule has 7 heteroatoms. The highest BCUT2D eigenvalue weighted by molar-refractivity contribution is 14.0. The number of morpholine rings is 1. The summed E-state index contributed by atoms with van der Waals surface area (Å²) in [5.41, 5.74) is 1.31. The Morgan fingerprint density at radius 1 is 1.19 bits per heavy atom. The minimum Gasteiger partial charge on any atom is -0.379 e. The number of piperazine rings is 1. The first-order chi connectivity index (χ1) is 12.7. The number of rotatable bonds is 4. The number of nitrogens with one attached hydrogen (secondary N) is 1. The zero-order chi connectivity index (χ0) is 18.4. The first-order valence-corrected chi connectivity index (χ1v) is 9.78. The summed E-state index contributed by atoms with van der Waals surface area (Å²) >= 11 is 0. The van der Waals surface area contributed by atoms with E-state index in [4.69, 9.17) is 4.74 Å². The first kappa shape index (κ1) is 22.2. The van der Waals surface area contributed by atoms with Crippen molar-refractivity contribution in [2.45, 2.75) is 25.9 Å². The molecule has 0 bridgehead atoms. The summed E-state index contributed by atoms with van der Waals surface area (Å²) in [6.45, 7) is 12.2. The molecule has 0 aromatic heterocycles. The van der Waals surface area contributed by atoms with E-state index in [1.807, 2.05) is 7.05 Å². The van der Waals surface area contributed by atoms with Crippen molar-refractivity contribution in [2.24, 2.45) is 4.99 Å². The van der Waals surface area contributed by atoms with Crippen molar-refractivity contribution in [3.05, 3.63) is 30.3 Å². The molecule has 1 aromatic rings. The van der Waals surface area contributed by atoms with Crippen LogP contribution in [0.25, 0.3) is 0 Å². The third-order valence-corrected chi connectivity index (χ3v) is 5.45. The van der Waals surface area contributed by atoms with Crippen LogP contribution in [0.4, 0.5) is 5.69 Å². The largest absolute Gasteiger partial charge is 0.379 e. The molecule has 0 saturated carbocycles. The average molecular weight is 487 g/mol. The molecule has 2 unspecified atom stereocenters. The molecule has 2 fully saturated rings. The van der Waals surface area contributed by atoms with E-state index in [9.17, 15) is 0 Å². The Labute approximate surface area is 181 Å². The van der Waals surface area contributed by atoms with Crippen LogP contribution in [0.15, 0.2) is 35.3 Å². The van der Waals surface area contributed by atoms with E-state index in [-0.39, 0.29) is 24.0 Å². The molecule has 152 valence electrons. The topological polar surface area (TPSA) is 43.3 Å². The molecule has 2 atom stereocenters. The third kappa shape index (κ3) is 5.96. The smallest absolute Gasteiger partial charge is 0.193 e. The molecule has 2 saturated heterocycles. The number of halogens is 1. The summed E-state index contributed by atoms with van der Waals surface area (Å²) in [6.07, 6.45) is 0. The van der Waals surface area contributed by atoms with Crippen molar-refractivity contribution >= 4 is 35.6 Å². The third-order valence-electron chi connectivity index (χ3n) is 5.45. The second-order valence-corrected chi connectivity index (χ2v) is 7.25. The lowest BCUT2D eigenvalue weighted by Gasteiger charge is -2.40. The Hall–Kier alpha value is -1.06. The Balaban J connectivity index is 0.00000261. The SMILES string of the molecule is CN=C(NCC(C)N1CCOCC1C)N1CCN(c2ccccc2)CC1.I. The van der Waals surface area contributed by atoms with Gasteiger partial charge in [0.15, 0.2) is 5.96 Å². The minimum absolute atomic E-state index is 0. The first-order valence-electron chi connectivity index (χ1n) is 9.78. The quantitative estimate of drug-likeness (QED) is 0.401. The van der Waals surface area contributed by atoms with Crippen LogP contribution in [0, 0.1) is 0 Å². The maximum absolute atomic E-state index is 5.55. The van der Waals surface area contributed by atoms with E-state index in [1.165, 1.54) is 5.69 Å². The van der Waals surface area contributed by atoms with Crippen LogP contribution in [0.2, 0.25) is 0 Å². The molecule has 2 aliphatic rings. The van der Waals surface area contributed by atoms with E-state index in [0.29, 0.717) is 12.1 Å². The number of hydrogen-bond donors (Lipinski definition) is 1. The Morgan fingerprint density at radius 3 is 2.52 bits per heavy atom.